The van der Waals surface area contributed by atoms with Crippen molar-refractivity contribution in [2.75, 3.05) is 25.3 Å². The second-order valence-electron chi connectivity index (χ2n) is 5.28. The Kier molecular flexibility index (Phi) is 6.25. The molecule has 1 aromatic carbocycles. The molecule has 2 aromatic rings. The fourth-order valence-corrected chi connectivity index (χ4v) is 3.19. The molecule has 1 heterocycles. The molecular weight excluding hydrogens is 338 g/mol. The maximum atomic E-state index is 12.2. The van der Waals surface area contributed by atoms with Gasteiger partial charge in [-0.3, -0.25) is 4.79 Å². The molecule has 6 nitrogen and oxygen atoms in total. The van der Waals surface area contributed by atoms with E-state index in [2.05, 4.69) is 16.4 Å². The van der Waals surface area contributed by atoms with Crippen LogP contribution < -0.4 is 14.8 Å². The van der Waals surface area contributed by atoms with E-state index in [1.807, 2.05) is 19.9 Å². The van der Waals surface area contributed by atoms with Gasteiger partial charge in [0, 0.05) is 17.4 Å². The highest BCUT2D eigenvalue weighted by atomic mass is 32.2. The minimum absolute atomic E-state index is 0.152. The van der Waals surface area contributed by atoms with Crippen LogP contribution in [0.1, 0.15) is 16.8 Å². The number of amides is 1. The molecule has 0 atom stereocenters. The van der Waals surface area contributed by atoms with Crippen LogP contribution in [0.5, 0.6) is 11.5 Å². The number of nitrogens with zero attached hydrogens (tertiary/aromatic N) is 2. The molecule has 0 saturated heterocycles. The number of benzene rings is 1. The van der Waals surface area contributed by atoms with Gasteiger partial charge in [0.05, 0.1) is 25.5 Å². The van der Waals surface area contributed by atoms with Crippen molar-refractivity contribution < 1.29 is 14.3 Å². The van der Waals surface area contributed by atoms with Crippen molar-refractivity contribution in [3.63, 3.8) is 0 Å². The third-order valence-electron chi connectivity index (χ3n) is 3.43. The number of hydrogen-bond acceptors (Lipinski definition) is 6. The molecule has 0 fully saturated rings. The van der Waals surface area contributed by atoms with Gasteiger partial charge >= 0.3 is 0 Å². The van der Waals surface area contributed by atoms with Gasteiger partial charge in [0.2, 0.25) is 5.91 Å². The van der Waals surface area contributed by atoms with Gasteiger partial charge in [-0.05, 0) is 37.6 Å². The normalized spacial score (nSPS) is 10.0. The Labute approximate surface area is 151 Å². The van der Waals surface area contributed by atoms with E-state index in [0.29, 0.717) is 27.8 Å². The molecule has 1 N–H and O–H groups in total. The van der Waals surface area contributed by atoms with Crippen molar-refractivity contribution in [2.45, 2.75) is 18.9 Å². The number of rotatable bonds is 6. The van der Waals surface area contributed by atoms with Gasteiger partial charge in [-0.1, -0.05) is 11.8 Å². The summed E-state index contributed by atoms with van der Waals surface area (Å²) in [5.41, 5.74) is 2.80. The quantitative estimate of drug-likeness (QED) is 0.799. The zero-order valence-corrected chi connectivity index (χ0v) is 15.4. The fourth-order valence-electron chi connectivity index (χ4n) is 2.29. The van der Waals surface area contributed by atoms with E-state index in [4.69, 9.17) is 9.47 Å². The monoisotopic (exact) mass is 357 g/mol. The molecule has 7 heteroatoms. The lowest BCUT2D eigenvalue weighted by Gasteiger charge is -2.11. The Balaban J connectivity index is 2.06. The first kappa shape index (κ1) is 18.6. The van der Waals surface area contributed by atoms with E-state index < -0.39 is 0 Å². The minimum atomic E-state index is -0.193. The third-order valence-corrected chi connectivity index (χ3v) is 4.41. The number of methoxy groups -OCH3 is 2. The van der Waals surface area contributed by atoms with Crippen LogP contribution in [0.15, 0.2) is 29.3 Å². The lowest BCUT2D eigenvalue weighted by Crippen LogP contribution is -2.14. The summed E-state index contributed by atoms with van der Waals surface area (Å²) in [5.74, 6) is 1.09. The number of carbonyl (C=O) groups is 1. The summed E-state index contributed by atoms with van der Waals surface area (Å²) in [4.78, 5) is 16.6. The van der Waals surface area contributed by atoms with E-state index in [-0.39, 0.29) is 11.7 Å². The molecule has 0 radical (unpaired) electrons. The van der Waals surface area contributed by atoms with Gasteiger partial charge in [-0.2, -0.15) is 5.26 Å². The Morgan fingerprint density at radius 3 is 2.60 bits per heavy atom. The predicted octanol–water partition coefficient (Wildman–Crippen LogP) is 3.32. The molecule has 2 rings (SSSR count). The molecule has 0 bridgehead atoms. The zero-order chi connectivity index (χ0) is 18.4. The van der Waals surface area contributed by atoms with Gasteiger partial charge in [-0.15, -0.1) is 0 Å². The predicted molar refractivity (Wildman–Crippen MR) is 97.3 cm³/mol. The largest absolute Gasteiger partial charge is 0.493 e. The fraction of sp³-hybridized carbons (Fsp3) is 0.278. The number of aromatic nitrogens is 1. The topological polar surface area (TPSA) is 84.2 Å². The van der Waals surface area contributed by atoms with Crippen molar-refractivity contribution >= 4 is 23.4 Å². The molecule has 1 amide bonds. The Morgan fingerprint density at radius 1 is 1.24 bits per heavy atom. The van der Waals surface area contributed by atoms with Gasteiger partial charge < -0.3 is 14.8 Å². The number of thioether (sulfide) groups is 1. The molecule has 0 saturated carbocycles. The number of anilines is 1. The van der Waals surface area contributed by atoms with Crippen molar-refractivity contribution in [1.82, 2.24) is 4.98 Å². The molecule has 130 valence electrons. The first-order chi connectivity index (χ1) is 12.0. The van der Waals surface area contributed by atoms with Crippen molar-refractivity contribution in [3.05, 3.63) is 41.1 Å². The van der Waals surface area contributed by atoms with E-state index in [0.717, 1.165) is 11.3 Å². The minimum Gasteiger partial charge on any atom is -0.493 e. The number of carbonyl (C=O) groups excluding carboxylic acids is 1. The van der Waals surface area contributed by atoms with Crippen LogP contribution in [-0.4, -0.2) is 30.9 Å². The molecule has 0 aliphatic heterocycles. The summed E-state index contributed by atoms with van der Waals surface area (Å²) >= 11 is 1.24. The van der Waals surface area contributed by atoms with E-state index in [1.165, 1.54) is 18.9 Å². The van der Waals surface area contributed by atoms with E-state index in [9.17, 15) is 10.1 Å². The summed E-state index contributed by atoms with van der Waals surface area (Å²) in [6.07, 6.45) is 0. The van der Waals surface area contributed by atoms with Crippen LogP contribution in [0, 0.1) is 25.2 Å². The maximum Gasteiger partial charge on any atom is 0.234 e. The van der Waals surface area contributed by atoms with Crippen LogP contribution in [0.4, 0.5) is 5.69 Å². The summed E-state index contributed by atoms with van der Waals surface area (Å²) in [6, 6.07) is 9.15. The number of pyridine rings is 1. The standard InChI is InChI=1S/C18H19N3O3S/c1-11-7-12(2)20-18(14(11)9-19)25-10-17(22)21-13-5-6-15(23-3)16(8-13)24-4/h5-8H,10H2,1-4H3,(H,21,22). The van der Waals surface area contributed by atoms with Gasteiger partial charge in [-0.25, -0.2) is 4.98 Å². The van der Waals surface area contributed by atoms with E-state index in [1.54, 1.807) is 25.3 Å². The van der Waals surface area contributed by atoms with Gasteiger partial charge in [0.15, 0.2) is 11.5 Å². The molecular formula is C18H19N3O3S. The first-order valence-electron chi connectivity index (χ1n) is 7.51. The van der Waals surface area contributed by atoms with Crippen LogP contribution in [0.25, 0.3) is 0 Å². The number of aryl methyl sites for hydroxylation is 2. The number of ether oxygens (including phenoxy) is 2. The van der Waals surface area contributed by atoms with Crippen LogP contribution in [0.3, 0.4) is 0 Å². The van der Waals surface area contributed by atoms with E-state index >= 15 is 0 Å². The summed E-state index contributed by atoms with van der Waals surface area (Å²) < 4.78 is 10.4. The second-order valence-corrected chi connectivity index (χ2v) is 6.24. The SMILES string of the molecule is COc1ccc(NC(=O)CSc2nc(C)cc(C)c2C#N)cc1OC. The summed E-state index contributed by atoms with van der Waals surface area (Å²) in [6.45, 7) is 3.73. The molecule has 25 heavy (non-hydrogen) atoms. The van der Waals surface area contributed by atoms with Crippen molar-refractivity contribution in [1.29, 1.82) is 5.26 Å². The summed E-state index contributed by atoms with van der Waals surface area (Å²) in [7, 11) is 3.09. The lowest BCUT2D eigenvalue weighted by atomic mass is 10.1. The average Bonchev–Trinajstić information content (AvgIpc) is 2.59. The Morgan fingerprint density at radius 2 is 1.96 bits per heavy atom. The van der Waals surface area contributed by atoms with Crippen LogP contribution in [0.2, 0.25) is 0 Å². The Hall–Kier alpha value is -2.72. The third kappa shape index (κ3) is 4.64. The van der Waals surface area contributed by atoms with Crippen LogP contribution in [-0.2, 0) is 4.79 Å². The van der Waals surface area contributed by atoms with Gasteiger partial charge in [0.1, 0.15) is 11.1 Å². The average molecular weight is 357 g/mol. The second kappa shape index (κ2) is 8.40. The van der Waals surface area contributed by atoms with Crippen LogP contribution >= 0.6 is 11.8 Å². The molecule has 0 unspecified atom stereocenters. The molecule has 0 aliphatic rings. The lowest BCUT2D eigenvalue weighted by molar-refractivity contribution is -0.113. The van der Waals surface area contributed by atoms with Crippen molar-refractivity contribution in [3.8, 4) is 17.6 Å². The number of nitriles is 1. The maximum absolute atomic E-state index is 12.2. The zero-order valence-electron chi connectivity index (χ0n) is 14.5. The molecule has 1 aromatic heterocycles. The van der Waals surface area contributed by atoms with Crippen molar-refractivity contribution in [2.24, 2.45) is 0 Å². The highest BCUT2D eigenvalue weighted by Gasteiger charge is 2.12. The molecule has 0 spiro atoms. The number of nitrogens with one attached hydrogen (secondary N) is 1. The first-order valence-corrected chi connectivity index (χ1v) is 8.50. The Bertz CT molecular complexity index is 831. The highest BCUT2D eigenvalue weighted by molar-refractivity contribution is 8.00. The van der Waals surface area contributed by atoms with Gasteiger partial charge in [0.25, 0.3) is 0 Å². The molecule has 0 aliphatic carbocycles. The number of hydrogen-bond donors (Lipinski definition) is 1. The summed E-state index contributed by atoms with van der Waals surface area (Å²) in [5, 5.41) is 12.6. The highest BCUT2D eigenvalue weighted by Crippen LogP contribution is 2.30. The smallest absolute Gasteiger partial charge is 0.234 e.